The highest BCUT2D eigenvalue weighted by Gasteiger charge is 2.15. The maximum Gasteiger partial charge on any atom is 0.335 e. The molecule has 3 rings (SSSR count). The van der Waals surface area contributed by atoms with Crippen LogP contribution in [0.4, 0.5) is 5.69 Å². The highest BCUT2D eigenvalue weighted by Crippen LogP contribution is 2.35. The molecule has 34 heavy (non-hydrogen) atoms. The molecule has 0 heterocycles. The monoisotopic (exact) mass is 568 g/mol. The first-order valence-electron chi connectivity index (χ1n) is 10.1. The summed E-state index contributed by atoms with van der Waals surface area (Å²) < 4.78 is 12.3. The molecule has 1 amide bonds. The molecule has 0 aliphatic rings. The number of benzene rings is 3. The van der Waals surface area contributed by atoms with E-state index in [1.807, 2.05) is 37.3 Å². The molecule has 8 heteroatoms. The van der Waals surface area contributed by atoms with Crippen molar-refractivity contribution in [3.05, 3.63) is 92.1 Å². The van der Waals surface area contributed by atoms with Crippen LogP contribution in [0.1, 0.15) is 27.0 Å². The van der Waals surface area contributed by atoms with Crippen LogP contribution in [0.2, 0.25) is 0 Å². The molecular formula is C26H21IN2O5. The molecule has 0 aliphatic carbocycles. The summed E-state index contributed by atoms with van der Waals surface area (Å²) in [6.45, 7) is 2.39. The molecule has 0 atom stereocenters. The fourth-order valence-electron chi connectivity index (χ4n) is 3.13. The molecule has 0 aliphatic heterocycles. The lowest BCUT2D eigenvalue weighted by molar-refractivity contribution is -0.112. The number of carbonyl (C=O) groups excluding carboxylic acids is 1. The number of ether oxygens (including phenoxy) is 2. The summed E-state index contributed by atoms with van der Waals surface area (Å²) in [5.41, 5.74) is 2.91. The summed E-state index contributed by atoms with van der Waals surface area (Å²) in [5, 5.41) is 21.2. The number of aromatic carboxylic acids is 1. The number of aryl methyl sites for hydroxylation is 1. The van der Waals surface area contributed by atoms with Gasteiger partial charge in [0.2, 0.25) is 0 Å². The Hall–Kier alpha value is -3.84. The summed E-state index contributed by atoms with van der Waals surface area (Å²) in [6, 6.07) is 19.1. The fraction of sp³-hybridized carbons (Fsp3) is 0.115. The minimum absolute atomic E-state index is 0.0286. The standard InChI is InChI=1S/C26H21IN2O5/c1-16-6-3-4-7-19(16)15-34-24-22(27)11-17(12-23(24)33-2)10-20(14-28)25(30)29-21-9-5-8-18(13-21)26(31)32/h3-13H,15H2,1-2H3,(H,29,30)(H,31,32). The number of rotatable bonds is 8. The van der Waals surface area contributed by atoms with E-state index in [-0.39, 0.29) is 16.8 Å². The zero-order valence-electron chi connectivity index (χ0n) is 18.5. The van der Waals surface area contributed by atoms with Gasteiger partial charge < -0.3 is 19.9 Å². The number of carboxylic acid groups (broad SMARTS) is 1. The number of nitrogens with zero attached hydrogens (tertiary/aromatic N) is 1. The van der Waals surface area contributed by atoms with Crippen LogP contribution < -0.4 is 14.8 Å². The first-order valence-corrected chi connectivity index (χ1v) is 11.2. The summed E-state index contributed by atoms with van der Waals surface area (Å²) in [4.78, 5) is 23.8. The van der Waals surface area contributed by atoms with Gasteiger partial charge >= 0.3 is 5.97 Å². The molecule has 172 valence electrons. The van der Waals surface area contributed by atoms with Crippen molar-refractivity contribution in [2.24, 2.45) is 0 Å². The average Bonchev–Trinajstić information content (AvgIpc) is 2.82. The Morgan fingerprint density at radius 2 is 1.91 bits per heavy atom. The van der Waals surface area contributed by atoms with E-state index in [1.54, 1.807) is 18.2 Å². The van der Waals surface area contributed by atoms with Crippen molar-refractivity contribution in [1.29, 1.82) is 5.26 Å². The normalized spacial score (nSPS) is 10.8. The van der Waals surface area contributed by atoms with E-state index < -0.39 is 11.9 Å². The lowest BCUT2D eigenvalue weighted by Crippen LogP contribution is -2.14. The molecule has 3 aromatic rings. The first kappa shape index (κ1) is 24.8. The Labute approximate surface area is 210 Å². The molecule has 0 radical (unpaired) electrons. The zero-order valence-corrected chi connectivity index (χ0v) is 20.6. The minimum Gasteiger partial charge on any atom is -0.493 e. The first-order chi connectivity index (χ1) is 16.3. The highest BCUT2D eigenvalue weighted by atomic mass is 127. The highest BCUT2D eigenvalue weighted by molar-refractivity contribution is 14.1. The minimum atomic E-state index is -1.11. The maximum absolute atomic E-state index is 12.6. The molecule has 7 nitrogen and oxygen atoms in total. The van der Waals surface area contributed by atoms with E-state index in [9.17, 15) is 14.9 Å². The van der Waals surface area contributed by atoms with Crippen molar-refractivity contribution >= 4 is 46.2 Å². The average molecular weight is 568 g/mol. The van der Waals surface area contributed by atoms with Gasteiger partial charge in [0.25, 0.3) is 5.91 Å². The van der Waals surface area contributed by atoms with Gasteiger partial charge in [-0.1, -0.05) is 30.3 Å². The van der Waals surface area contributed by atoms with Crippen LogP contribution in [0, 0.1) is 21.8 Å². The molecule has 0 unspecified atom stereocenters. The van der Waals surface area contributed by atoms with E-state index in [4.69, 9.17) is 14.6 Å². The predicted octanol–water partition coefficient (Wildman–Crippen LogP) is 5.43. The van der Waals surface area contributed by atoms with E-state index in [1.165, 1.54) is 31.4 Å². The third-order valence-corrected chi connectivity index (χ3v) is 5.73. The number of nitriles is 1. The van der Waals surface area contributed by atoms with Gasteiger partial charge in [0.15, 0.2) is 11.5 Å². The zero-order chi connectivity index (χ0) is 24.7. The van der Waals surface area contributed by atoms with Crippen LogP contribution in [-0.2, 0) is 11.4 Å². The second-order valence-electron chi connectivity index (χ2n) is 7.26. The predicted molar refractivity (Wildman–Crippen MR) is 137 cm³/mol. The van der Waals surface area contributed by atoms with Gasteiger partial charge in [0, 0.05) is 5.69 Å². The lowest BCUT2D eigenvalue weighted by atomic mass is 10.1. The van der Waals surface area contributed by atoms with Gasteiger partial charge in [0.1, 0.15) is 18.2 Å². The number of hydrogen-bond donors (Lipinski definition) is 2. The molecule has 0 bridgehead atoms. The molecule has 0 spiro atoms. The Balaban J connectivity index is 1.83. The number of hydrogen-bond acceptors (Lipinski definition) is 5. The number of anilines is 1. The SMILES string of the molecule is COc1cc(C=C(C#N)C(=O)Nc2cccc(C(=O)O)c2)cc(I)c1OCc1ccccc1C. The van der Waals surface area contributed by atoms with Crippen molar-refractivity contribution < 1.29 is 24.2 Å². The second-order valence-corrected chi connectivity index (χ2v) is 8.42. The maximum atomic E-state index is 12.6. The van der Waals surface area contributed by atoms with E-state index in [0.717, 1.165) is 14.7 Å². The van der Waals surface area contributed by atoms with Gasteiger partial charge in [-0.3, -0.25) is 4.79 Å². The second kappa shape index (κ2) is 11.3. The summed E-state index contributed by atoms with van der Waals surface area (Å²) in [5.74, 6) is -0.729. The van der Waals surface area contributed by atoms with Crippen LogP contribution in [0.5, 0.6) is 11.5 Å². The number of methoxy groups -OCH3 is 1. The number of nitrogens with one attached hydrogen (secondary N) is 1. The fourth-order valence-corrected chi connectivity index (χ4v) is 3.91. The molecule has 0 fully saturated rings. The number of halogens is 1. The van der Waals surface area contributed by atoms with Gasteiger partial charge in [-0.15, -0.1) is 0 Å². The summed E-state index contributed by atoms with van der Waals surface area (Å²) in [7, 11) is 1.52. The Kier molecular flexibility index (Phi) is 8.27. The number of carboxylic acids is 1. The van der Waals surface area contributed by atoms with Gasteiger partial charge in [-0.05, 0) is 82.6 Å². The van der Waals surface area contributed by atoms with Crippen LogP contribution in [0.15, 0.2) is 66.2 Å². The quantitative estimate of drug-likeness (QED) is 0.213. The molecule has 0 saturated carbocycles. The molecule has 0 saturated heterocycles. The van der Waals surface area contributed by atoms with Crippen LogP contribution in [0.25, 0.3) is 6.08 Å². The topological polar surface area (TPSA) is 109 Å². The third-order valence-electron chi connectivity index (χ3n) is 4.93. The summed E-state index contributed by atoms with van der Waals surface area (Å²) in [6.07, 6.45) is 1.44. The van der Waals surface area contributed by atoms with Gasteiger partial charge in [-0.25, -0.2) is 4.79 Å². The Morgan fingerprint density at radius 1 is 1.15 bits per heavy atom. The van der Waals surface area contributed by atoms with E-state index in [0.29, 0.717) is 23.7 Å². The van der Waals surface area contributed by atoms with Crippen molar-refractivity contribution in [3.8, 4) is 17.6 Å². The number of carbonyl (C=O) groups is 2. The van der Waals surface area contributed by atoms with Crippen molar-refractivity contribution in [3.63, 3.8) is 0 Å². The Morgan fingerprint density at radius 3 is 2.59 bits per heavy atom. The van der Waals surface area contributed by atoms with Crippen LogP contribution in [0.3, 0.4) is 0 Å². The van der Waals surface area contributed by atoms with E-state index >= 15 is 0 Å². The Bertz CT molecular complexity index is 1310. The van der Waals surface area contributed by atoms with Gasteiger partial charge in [-0.2, -0.15) is 5.26 Å². The van der Waals surface area contributed by atoms with Crippen molar-refractivity contribution in [2.75, 3.05) is 12.4 Å². The smallest absolute Gasteiger partial charge is 0.335 e. The third kappa shape index (κ3) is 6.14. The lowest BCUT2D eigenvalue weighted by Gasteiger charge is -2.15. The van der Waals surface area contributed by atoms with Crippen molar-refractivity contribution in [1.82, 2.24) is 0 Å². The molecular weight excluding hydrogens is 547 g/mol. The molecule has 0 aromatic heterocycles. The molecule has 2 N–H and O–H groups in total. The van der Waals surface area contributed by atoms with E-state index in [2.05, 4.69) is 27.9 Å². The van der Waals surface area contributed by atoms with Crippen LogP contribution >= 0.6 is 22.6 Å². The molecule has 3 aromatic carbocycles. The van der Waals surface area contributed by atoms with Crippen molar-refractivity contribution in [2.45, 2.75) is 13.5 Å². The summed E-state index contributed by atoms with van der Waals surface area (Å²) >= 11 is 2.12. The van der Waals surface area contributed by atoms with Crippen LogP contribution in [-0.4, -0.2) is 24.1 Å². The largest absolute Gasteiger partial charge is 0.493 e. The number of amides is 1. The van der Waals surface area contributed by atoms with Gasteiger partial charge in [0.05, 0.1) is 16.2 Å².